The Kier molecular flexibility index (Phi) is 6.10. The highest BCUT2D eigenvalue weighted by Crippen LogP contribution is 2.18. The van der Waals surface area contributed by atoms with Gasteiger partial charge in [0.15, 0.2) is 0 Å². The standard InChI is InChI=1S/C21H24N4O2/c1-3-25(4-2)18-10-7-16(8-11-18)24-21(26)20-12-9-17(14-23-20)22-15-19-6-5-13-27-19/h5-14,22H,3-4,15H2,1-2H3,(H,24,26). The van der Waals surface area contributed by atoms with Crippen molar-refractivity contribution in [3.8, 4) is 0 Å². The first kappa shape index (κ1) is 18.5. The number of amides is 1. The van der Waals surface area contributed by atoms with E-state index in [1.54, 1.807) is 18.5 Å². The molecular formula is C21H24N4O2. The number of pyridine rings is 1. The smallest absolute Gasteiger partial charge is 0.274 e. The van der Waals surface area contributed by atoms with Crippen LogP contribution >= 0.6 is 0 Å². The van der Waals surface area contributed by atoms with E-state index in [0.717, 1.165) is 35.9 Å². The second kappa shape index (κ2) is 8.89. The summed E-state index contributed by atoms with van der Waals surface area (Å²) in [5, 5.41) is 6.08. The number of benzene rings is 1. The highest BCUT2D eigenvalue weighted by atomic mass is 16.3. The normalized spacial score (nSPS) is 10.4. The quantitative estimate of drug-likeness (QED) is 0.620. The van der Waals surface area contributed by atoms with Gasteiger partial charge in [-0.3, -0.25) is 4.79 Å². The van der Waals surface area contributed by atoms with E-state index in [1.807, 2.05) is 42.5 Å². The van der Waals surface area contributed by atoms with Crippen LogP contribution in [0.15, 0.2) is 65.4 Å². The third-order valence-corrected chi connectivity index (χ3v) is 4.30. The third kappa shape index (κ3) is 4.88. The molecule has 140 valence electrons. The lowest BCUT2D eigenvalue weighted by atomic mass is 10.2. The van der Waals surface area contributed by atoms with E-state index in [0.29, 0.717) is 12.2 Å². The molecule has 0 aliphatic rings. The summed E-state index contributed by atoms with van der Waals surface area (Å²) >= 11 is 0. The molecule has 0 radical (unpaired) electrons. The van der Waals surface area contributed by atoms with Crippen LogP contribution in [0, 0.1) is 0 Å². The van der Waals surface area contributed by atoms with E-state index in [9.17, 15) is 4.79 Å². The van der Waals surface area contributed by atoms with Gasteiger partial charge in [0.1, 0.15) is 11.5 Å². The van der Waals surface area contributed by atoms with Crippen molar-refractivity contribution in [2.24, 2.45) is 0 Å². The molecule has 0 aliphatic carbocycles. The Morgan fingerprint density at radius 3 is 2.37 bits per heavy atom. The van der Waals surface area contributed by atoms with E-state index >= 15 is 0 Å². The number of anilines is 3. The van der Waals surface area contributed by atoms with Gasteiger partial charge in [-0.15, -0.1) is 0 Å². The summed E-state index contributed by atoms with van der Waals surface area (Å²) in [5.74, 6) is 0.605. The first-order chi connectivity index (χ1) is 13.2. The van der Waals surface area contributed by atoms with Crippen LogP contribution in [0.4, 0.5) is 17.1 Å². The second-order valence-corrected chi connectivity index (χ2v) is 6.04. The number of nitrogens with zero attached hydrogens (tertiary/aromatic N) is 2. The van der Waals surface area contributed by atoms with Gasteiger partial charge in [-0.05, 0) is 62.4 Å². The minimum atomic E-state index is -0.233. The van der Waals surface area contributed by atoms with Crippen LogP contribution in [0.5, 0.6) is 0 Å². The molecule has 6 nitrogen and oxygen atoms in total. The lowest BCUT2D eigenvalue weighted by Crippen LogP contribution is -2.21. The van der Waals surface area contributed by atoms with E-state index in [-0.39, 0.29) is 5.91 Å². The molecule has 0 unspecified atom stereocenters. The number of hydrogen-bond acceptors (Lipinski definition) is 5. The Bertz CT molecular complexity index is 839. The van der Waals surface area contributed by atoms with Crippen LogP contribution < -0.4 is 15.5 Å². The molecule has 2 heterocycles. The van der Waals surface area contributed by atoms with E-state index in [1.165, 1.54) is 0 Å². The third-order valence-electron chi connectivity index (χ3n) is 4.30. The summed E-state index contributed by atoms with van der Waals surface area (Å²) in [6.45, 7) is 6.72. The van der Waals surface area contributed by atoms with Crippen molar-refractivity contribution in [3.63, 3.8) is 0 Å². The average molecular weight is 364 g/mol. The number of carbonyl (C=O) groups excluding carboxylic acids is 1. The van der Waals surface area contributed by atoms with Crippen LogP contribution in [-0.2, 0) is 6.54 Å². The van der Waals surface area contributed by atoms with Crippen molar-refractivity contribution in [1.82, 2.24) is 4.98 Å². The van der Waals surface area contributed by atoms with Crippen LogP contribution in [0.3, 0.4) is 0 Å². The number of nitrogens with one attached hydrogen (secondary N) is 2. The fourth-order valence-corrected chi connectivity index (χ4v) is 2.77. The Balaban J connectivity index is 1.57. The van der Waals surface area contributed by atoms with Gasteiger partial charge in [-0.1, -0.05) is 0 Å². The van der Waals surface area contributed by atoms with Crippen LogP contribution in [0.25, 0.3) is 0 Å². The molecule has 2 N–H and O–H groups in total. The zero-order chi connectivity index (χ0) is 19.1. The molecule has 3 aromatic rings. The largest absolute Gasteiger partial charge is 0.467 e. The number of rotatable bonds is 8. The van der Waals surface area contributed by atoms with Gasteiger partial charge >= 0.3 is 0 Å². The minimum Gasteiger partial charge on any atom is -0.467 e. The Hall–Kier alpha value is -3.28. The zero-order valence-corrected chi connectivity index (χ0v) is 15.6. The van der Waals surface area contributed by atoms with Gasteiger partial charge in [-0.2, -0.15) is 0 Å². The molecule has 1 aromatic carbocycles. The second-order valence-electron chi connectivity index (χ2n) is 6.04. The van der Waals surface area contributed by atoms with Crippen molar-refractivity contribution < 1.29 is 9.21 Å². The SMILES string of the molecule is CCN(CC)c1ccc(NC(=O)c2ccc(NCc3ccco3)cn2)cc1. The topological polar surface area (TPSA) is 70.4 Å². The van der Waals surface area contributed by atoms with Crippen LogP contribution in [-0.4, -0.2) is 24.0 Å². The van der Waals surface area contributed by atoms with Crippen molar-refractivity contribution in [2.45, 2.75) is 20.4 Å². The van der Waals surface area contributed by atoms with Crippen LogP contribution in [0.1, 0.15) is 30.1 Å². The Morgan fingerprint density at radius 1 is 1.04 bits per heavy atom. The molecule has 0 atom stereocenters. The van der Waals surface area contributed by atoms with Crippen LogP contribution in [0.2, 0.25) is 0 Å². The van der Waals surface area contributed by atoms with Gasteiger partial charge in [0.25, 0.3) is 5.91 Å². The minimum absolute atomic E-state index is 0.233. The predicted octanol–water partition coefficient (Wildman–Crippen LogP) is 4.39. The highest BCUT2D eigenvalue weighted by Gasteiger charge is 2.09. The molecule has 0 saturated heterocycles. The lowest BCUT2D eigenvalue weighted by Gasteiger charge is -2.21. The molecule has 0 spiro atoms. The molecule has 0 saturated carbocycles. The fourth-order valence-electron chi connectivity index (χ4n) is 2.77. The fraction of sp³-hybridized carbons (Fsp3) is 0.238. The molecule has 2 aromatic heterocycles. The van der Waals surface area contributed by atoms with E-state index in [2.05, 4.69) is 34.4 Å². The van der Waals surface area contributed by atoms with Crippen molar-refractivity contribution in [1.29, 1.82) is 0 Å². The van der Waals surface area contributed by atoms with Crippen molar-refractivity contribution >= 4 is 23.0 Å². The van der Waals surface area contributed by atoms with Gasteiger partial charge in [0.05, 0.1) is 24.7 Å². The predicted molar refractivity (Wildman–Crippen MR) is 108 cm³/mol. The molecule has 1 amide bonds. The Morgan fingerprint density at radius 2 is 1.78 bits per heavy atom. The van der Waals surface area contributed by atoms with E-state index < -0.39 is 0 Å². The van der Waals surface area contributed by atoms with E-state index in [4.69, 9.17) is 4.42 Å². The molecule has 27 heavy (non-hydrogen) atoms. The zero-order valence-electron chi connectivity index (χ0n) is 15.6. The molecule has 0 bridgehead atoms. The van der Waals surface area contributed by atoms with Gasteiger partial charge < -0.3 is 20.0 Å². The summed E-state index contributed by atoms with van der Waals surface area (Å²) in [7, 11) is 0. The first-order valence-electron chi connectivity index (χ1n) is 9.08. The highest BCUT2D eigenvalue weighted by molar-refractivity contribution is 6.03. The van der Waals surface area contributed by atoms with Gasteiger partial charge in [0, 0.05) is 24.5 Å². The average Bonchev–Trinajstić information content (AvgIpc) is 3.22. The van der Waals surface area contributed by atoms with Gasteiger partial charge in [0.2, 0.25) is 0 Å². The molecular weight excluding hydrogens is 340 g/mol. The lowest BCUT2D eigenvalue weighted by molar-refractivity contribution is 0.102. The molecule has 6 heteroatoms. The summed E-state index contributed by atoms with van der Waals surface area (Å²) < 4.78 is 5.27. The summed E-state index contributed by atoms with van der Waals surface area (Å²) in [6, 6.07) is 15.1. The van der Waals surface area contributed by atoms with Crippen molar-refractivity contribution in [2.75, 3.05) is 28.6 Å². The first-order valence-corrected chi connectivity index (χ1v) is 9.08. The molecule has 0 fully saturated rings. The maximum absolute atomic E-state index is 12.4. The monoisotopic (exact) mass is 364 g/mol. The number of hydrogen-bond donors (Lipinski definition) is 2. The van der Waals surface area contributed by atoms with Gasteiger partial charge in [-0.25, -0.2) is 4.98 Å². The summed E-state index contributed by atoms with van der Waals surface area (Å²) in [5.41, 5.74) is 3.08. The number of furan rings is 1. The molecule has 3 rings (SSSR count). The maximum atomic E-state index is 12.4. The maximum Gasteiger partial charge on any atom is 0.274 e. The number of aromatic nitrogens is 1. The summed E-state index contributed by atoms with van der Waals surface area (Å²) in [6.07, 6.45) is 3.28. The molecule has 0 aliphatic heterocycles. The number of carbonyl (C=O) groups is 1. The summed E-state index contributed by atoms with van der Waals surface area (Å²) in [4.78, 5) is 18.9. The Labute approximate surface area is 159 Å². The van der Waals surface area contributed by atoms with Crippen molar-refractivity contribution in [3.05, 3.63) is 72.4 Å².